The predicted molar refractivity (Wildman–Crippen MR) is 121 cm³/mol. The summed E-state index contributed by atoms with van der Waals surface area (Å²) in [6.45, 7) is 8.71. The fourth-order valence-electron chi connectivity index (χ4n) is 4.38. The van der Waals surface area contributed by atoms with E-state index in [0.717, 1.165) is 12.8 Å². The van der Waals surface area contributed by atoms with Crippen molar-refractivity contribution in [1.82, 2.24) is 0 Å². The zero-order valence-electron chi connectivity index (χ0n) is 17.3. The van der Waals surface area contributed by atoms with Gasteiger partial charge in [0, 0.05) is 0 Å². The number of hydrogen-bond acceptors (Lipinski definition) is 0. The number of rotatable bonds is 4. The van der Waals surface area contributed by atoms with Crippen LogP contribution in [-0.4, -0.2) is 0 Å². The quantitative estimate of drug-likeness (QED) is 0.357. The number of fused-ring (bicyclic) bond motifs is 1. The highest BCUT2D eigenvalue weighted by Gasteiger charge is 2.04. The summed E-state index contributed by atoms with van der Waals surface area (Å²) in [5.41, 5.74) is 10.9. The minimum absolute atomic E-state index is 0.986. The first kappa shape index (κ1) is 18.5. The van der Waals surface area contributed by atoms with Gasteiger partial charge in [0.1, 0.15) is 0 Å². The smallest absolute Gasteiger partial charge is 0.00254 e. The van der Waals surface area contributed by atoms with Gasteiger partial charge in [-0.2, -0.15) is 0 Å². The maximum absolute atomic E-state index is 2.36. The second kappa shape index (κ2) is 7.64. The molecule has 0 aliphatic rings. The van der Waals surface area contributed by atoms with Gasteiger partial charge in [-0.3, -0.25) is 0 Å². The molecule has 0 fully saturated rings. The van der Waals surface area contributed by atoms with Crippen LogP contribution in [0.3, 0.4) is 0 Å². The third-order valence-electron chi connectivity index (χ3n) is 5.35. The molecule has 0 amide bonds. The summed E-state index contributed by atoms with van der Waals surface area (Å²) in [4.78, 5) is 0. The van der Waals surface area contributed by atoms with Gasteiger partial charge >= 0.3 is 0 Å². The molecule has 4 aromatic rings. The Labute approximate surface area is 168 Å². The molecule has 0 heterocycles. The molecule has 0 heteroatoms. The van der Waals surface area contributed by atoms with E-state index in [4.69, 9.17) is 0 Å². The maximum Gasteiger partial charge on any atom is -0.00254 e. The van der Waals surface area contributed by atoms with E-state index < -0.39 is 0 Å². The van der Waals surface area contributed by atoms with Crippen molar-refractivity contribution in [3.8, 4) is 0 Å². The van der Waals surface area contributed by atoms with Crippen LogP contribution in [0.2, 0.25) is 0 Å². The zero-order chi connectivity index (χ0) is 19.7. The molecule has 0 spiro atoms. The Morgan fingerprint density at radius 2 is 0.786 bits per heavy atom. The molecule has 0 saturated carbocycles. The average molecular weight is 365 g/mol. The summed E-state index contributed by atoms with van der Waals surface area (Å²) in [5, 5.41) is 2.65. The van der Waals surface area contributed by atoms with Crippen LogP contribution in [0, 0.1) is 27.7 Å². The molecule has 4 aromatic carbocycles. The fourth-order valence-corrected chi connectivity index (χ4v) is 4.38. The zero-order valence-corrected chi connectivity index (χ0v) is 17.3. The van der Waals surface area contributed by atoms with Gasteiger partial charge < -0.3 is 0 Å². The van der Waals surface area contributed by atoms with Crippen molar-refractivity contribution >= 4 is 10.8 Å². The molecular formula is C28H28. The van der Waals surface area contributed by atoms with Gasteiger partial charge in [0.15, 0.2) is 0 Å². The molecule has 28 heavy (non-hydrogen) atoms. The first-order chi connectivity index (χ1) is 13.4. The molecule has 0 unspecified atom stereocenters. The molecule has 0 saturated heterocycles. The molecule has 0 aromatic heterocycles. The van der Waals surface area contributed by atoms with Crippen molar-refractivity contribution in [1.29, 1.82) is 0 Å². The standard InChI is InChI=1S/C28H28/c1-19-9-20(2)12-25(11-19)15-23-5-7-27-8-6-24(18-28(27)17-23)16-26-13-21(3)10-22(4)14-26/h5-14,17-18H,15-16H2,1-4H3. The Morgan fingerprint density at radius 3 is 1.18 bits per heavy atom. The highest BCUT2D eigenvalue weighted by atomic mass is 14.1. The molecule has 0 N–H and O–H groups in total. The van der Waals surface area contributed by atoms with Gasteiger partial charge in [0.25, 0.3) is 0 Å². The van der Waals surface area contributed by atoms with Gasteiger partial charge in [0.05, 0.1) is 0 Å². The van der Waals surface area contributed by atoms with Gasteiger partial charge in [-0.05, 0) is 73.6 Å². The van der Waals surface area contributed by atoms with Crippen molar-refractivity contribution in [2.75, 3.05) is 0 Å². The van der Waals surface area contributed by atoms with E-state index in [0.29, 0.717) is 0 Å². The minimum Gasteiger partial charge on any atom is -0.0581 e. The SMILES string of the molecule is Cc1cc(C)cc(Cc2ccc3ccc(Cc4cc(C)cc(C)c4)cc3c2)c1. The number of aryl methyl sites for hydroxylation is 4. The monoisotopic (exact) mass is 364 g/mol. The van der Waals surface area contributed by atoms with Gasteiger partial charge in [-0.25, -0.2) is 0 Å². The lowest BCUT2D eigenvalue weighted by Gasteiger charge is -2.09. The van der Waals surface area contributed by atoms with Crippen LogP contribution in [0.25, 0.3) is 10.8 Å². The van der Waals surface area contributed by atoms with E-state index in [1.807, 2.05) is 0 Å². The third-order valence-corrected chi connectivity index (χ3v) is 5.35. The summed E-state index contributed by atoms with van der Waals surface area (Å²) in [5.74, 6) is 0. The Balaban J connectivity index is 1.63. The fraction of sp³-hybridized carbons (Fsp3) is 0.214. The van der Waals surface area contributed by atoms with E-state index in [1.54, 1.807) is 0 Å². The van der Waals surface area contributed by atoms with Crippen molar-refractivity contribution in [2.24, 2.45) is 0 Å². The Bertz CT molecular complexity index is 1020. The van der Waals surface area contributed by atoms with Crippen LogP contribution >= 0.6 is 0 Å². The van der Waals surface area contributed by atoms with Crippen LogP contribution in [-0.2, 0) is 12.8 Å². The van der Waals surface area contributed by atoms with Crippen molar-refractivity contribution in [3.63, 3.8) is 0 Å². The normalized spacial score (nSPS) is 11.1. The van der Waals surface area contributed by atoms with Crippen LogP contribution in [0.4, 0.5) is 0 Å². The summed E-state index contributed by atoms with van der Waals surface area (Å²) in [6.07, 6.45) is 1.97. The summed E-state index contributed by atoms with van der Waals surface area (Å²) >= 11 is 0. The maximum atomic E-state index is 2.36. The van der Waals surface area contributed by atoms with E-state index in [1.165, 1.54) is 55.3 Å². The van der Waals surface area contributed by atoms with E-state index in [-0.39, 0.29) is 0 Å². The second-order valence-corrected chi connectivity index (χ2v) is 8.36. The summed E-state index contributed by atoms with van der Waals surface area (Å²) in [6, 6.07) is 27.4. The topological polar surface area (TPSA) is 0 Å². The van der Waals surface area contributed by atoms with E-state index >= 15 is 0 Å². The Kier molecular flexibility index (Phi) is 5.05. The number of benzene rings is 4. The number of hydrogen-bond donors (Lipinski definition) is 0. The predicted octanol–water partition coefficient (Wildman–Crippen LogP) is 7.26. The highest BCUT2D eigenvalue weighted by Crippen LogP contribution is 2.23. The van der Waals surface area contributed by atoms with E-state index in [2.05, 4.69) is 100 Å². The first-order valence-corrected chi connectivity index (χ1v) is 10.1. The average Bonchev–Trinajstić information content (AvgIpc) is 2.59. The largest absolute Gasteiger partial charge is 0.0581 e. The third kappa shape index (κ3) is 4.34. The lowest BCUT2D eigenvalue weighted by molar-refractivity contribution is 1.16. The molecule has 0 aliphatic heterocycles. The Morgan fingerprint density at radius 1 is 0.393 bits per heavy atom. The molecular weight excluding hydrogens is 336 g/mol. The molecule has 140 valence electrons. The van der Waals surface area contributed by atoms with E-state index in [9.17, 15) is 0 Å². The molecule has 0 bridgehead atoms. The lowest BCUT2D eigenvalue weighted by Crippen LogP contribution is -1.93. The van der Waals surface area contributed by atoms with Gasteiger partial charge in [-0.15, -0.1) is 0 Å². The van der Waals surface area contributed by atoms with Gasteiger partial charge in [-0.1, -0.05) is 95.1 Å². The summed E-state index contributed by atoms with van der Waals surface area (Å²) < 4.78 is 0. The summed E-state index contributed by atoms with van der Waals surface area (Å²) in [7, 11) is 0. The first-order valence-electron chi connectivity index (χ1n) is 10.1. The molecule has 0 nitrogen and oxygen atoms in total. The van der Waals surface area contributed by atoms with Crippen molar-refractivity contribution in [3.05, 3.63) is 117 Å². The van der Waals surface area contributed by atoms with Crippen LogP contribution in [0.15, 0.2) is 72.8 Å². The molecule has 0 radical (unpaired) electrons. The lowest BCUT2D eigenvalue weighted by atomic mass is 9.96. The molecule has 4 rings (SSSR count). The Hall–Kier alpha value is -2.86. The molecule has 0 atom stereocenters. The van der Waals surface area contributed by atoms with Crippen LogP contribution < -0.4 is 0 Å². The minimum atomic E-state index is 0.986. The van der Waals surface area contributed by atoms with Crippen molar-refractivity contribution < 1.29 is 0 Å². The van der Waals surface area contributed by atoms with Crippen molar-refractivity contribution in [2.45, 2.75) is 40.5 Å². The van der Waals surface area contributed by atoms with Gasteiger partial charge in [0.2, 0.25) is 0 Å². The van der Waals surface area contributed by atoms with Crippen LogP contribution in [0.5, 0.6) is 0 Å². The second-order valence-electron chi connectivity index (χ2n) is 8.36. The molecule has 0 aliphatic carbocycles. The highest BCUT2D eigenvalue weighted by molar-refractivity contribution is 5.84. The van der Waals surface area contributed by atoms with Crippen LogP contribution in [0.1, 0.15) is 44.5 Å².